The molecule has 0 bridgehead atoms. The van der Waals surface area contributed by atoms with Gasteiger partial charge in [0.05, 0.1) is 12.6 Å². The van der Waals surface area contributed by atoms with Crippen LogP contribution in [0.1, 0.15) is 19.8 Å². The van der Waals surface area contributed by atoms with Crippen LogP contribution in [0, 0.1) is 5.92 Å². The Bertz CT molecular complexity index is 614. The molecule has 0 saturated carbocycles. The summed E-state index contributed by atoms with van der Waals surface area (Å²) in [5.41, 5.74) is 0.111. The van der Waals surface area contributed by atoms with Crippen LogP contribution in [0.15, 0.2) is 24.3 Å². The molecule has 2 saturated heterocycles. The highest BCUT2D eigenvalue weighted by molar-refractivity contribution is 5.79. The number of likely N-dealkylation sites (tertiary alicyclic amines) is 2. The van der Waals surface area contributed by atoms with E-state index in [1.165, 1.54) is 6.42 Å². The number of piperidine rings is 1. The van der Waals surface area contributed by atoms with E-state index in [4.69, 9.17) is 14.2 Å². The summed E-state index contributed by atoms with van der Waals surface area (Å²) in [4.78, 5) is 16.8. The summed E-state index contributed by atoms with van der Waals surface area (Å²) >= 11 is 0. The molecule has 2 heterocycles. The fraction of sp³-hybridized carbons (Fsp3) is 0.650. The first-order valence-electron chi connectivity index (χ1n) is 9.40. The Morgan fingerprint density at radius 1 is 1.27 bits per heavy atom. The molecule has 1 spiro atoms. The second kappa shape index (κ2) is 8.27. The van der Waals surface area contributed by atoms with Crippen LogP contribution in [0.4, 0.5) is 0 Å². The second-order valence-corrected chi connectivity index (χ2v) is 7.35. The van der Waals surface area contributed by atoms with Gasteiger partial charge in [-0.2, -0.15) is 0 Å². The molecule has 2 aliphatic heterocycles. The Labute approximate surface area is 156 Å². The van der Waals surface area contributed by atoms with Crippen molar-refractivity contribution in [2.24, 2.45) is 5.92 Å². The second-order valence-electron chi connectivity index (χ2n) is 7.35. The lowest BCUT2D eigenvalue weighted by Crippen LogP contribution is -2.73. The van der Waals surface area contributed by atoms with Gasteiger partial charge >= 0.3 is 0 Å². The van der Waals surface area contributed by atoms with Crippen molar-refractivity contribution in [3.63, 3.8) is 0 Å². The lowest BCUT2D eigenvalue weighted by Gasteiger charge is -2.58. The Balaban J connectivity index is 1.50. The normalized spacial score (nSPS) is 22.1. The summed E-state index contributed by atoms with van der Waals surface area (Å²) in [6.07, 6.45) is 2.27. The maximum Gasteiger partial charge on any atom is 0.260 e. The van der Waals surface area contributed by atoms with Crippen LogP contribution in [0.25, 0.3) is 0 Å². The molecule has 1 aromatic rings. The van der Waals surface area contributed by atoms with Crippen molar-refractivity contribution in [3.05, 3.63) is 24.3 Å². The van der Waals surface area contributed by atoms with Crippen LogP contribution < -0.4 is 9.47 Å². The van der Waals surface area contributed by atoms with Crippen molar-refractivity contribution in [1.29, 1.82) is 0 Å². The zero-order valence-electron chi connectivity index (χ0n) is 16.1. The quantitative estimate of drug-likeness (QED) is 0.743. The number of ether oxygens (including phenoxy) is 3. The average molecular weight is 362 g/mol. The van der Waals surface area contributed by atoms with Gasteiger partial charge in [-0.05, 0) is 51.4 Å². The minimum Gasteiger partial charge on any atom is -0.493 e. The first kappa shape index (κ1) is 19.0. The summed E-state index contributed by atoms with van der Waals surface area (Å²) in [7, 11) is 3.77. The van der Waals surface area contributed by atoms with Crippen molar-refractivity contribution in [1.82, 2.24) is 9.80 Å². The fourth-order valence-corrected chi connectivity index (χ4v) is 4.02. The van der Waals surface area contributed by atoms with Crippen molar-refractivity contribution in [3.8, 4) is 11.5 Å². The van der Waals surface area contributed by atoms with Gasteiger partial charge in [0.25, 0.3) is 5.91 Å². The first-order valence-corrected chi connectivity index (χ1v) is 9.40. The van der Waals surface area contributed by atoms with Gasteiger partial charge < -0.3 is 19.1 Å². The predicted octanol–water partition coefficient (Wildman–Crippen LogP) is 2.03. The van der Waals surface area contributed by atoms with Crippen LogP contribution >= 0.6 is 0 Å². The summed E-state index contributed by atoms with van der Waals surface area (Å²) in [5, 5.41) is 0. The van der Waals surface area contributed by atoms with Crippen molar-refractivity contribution in [2.45, 2.75) is 25.3 Å². The highest BCUT2D eigenvalue weighted by Crippen LogP contribution is 2.38. The van der Waals surface area contributed by atoms with Gasteiger partial charge in [0.2, 0.25) is 0 Å². The Morgan fingerprint density at radius 3 is 2.69 bits per heavy atom. The molecule has 0 aliphatic carbocycles. The molecule has 1 atom stereocenters. The monoisotopic (exact) mass is 362 g/mol. The van der Waals surface area contributed by atoms with Crippen LogP contribution in [0.5, 0.6) is 11.5 Å². The lowest BCUT2D eigenvalue weighted by atomic mass is 9.75. The van der Waals surface area contributed by atoms with Crippen LogP contribution in [0.2, 0.25) is 0 Å². The van der Waals surface area contributed by atoms with Crippen molar-refractivity contribution in [2.75, 3.05) is 53.6 Å². The van der Waals surface area contributed by atoms with Gasteiger partial charge in [-0.15, -0.1) is 0 Å². The largest absolute Gasteiger partial charge is 0.493 e. The van der Waals surface area contributed by atoms with Gasteiger partial charge in [-0.1, -0.05) is 12.1 Å². The number of carbonyl (C=O) groups excluding carboxylic acids is 1. The lowest BCUT2D eigenvalue weighted by molar-refractivity contribution is -0.153. The van der Waals surface area contributed by atoms with E-state index < -0.39 is 0 Å². The standard InChI is InChI=1S/C20H30N2O4/c1-4-25-12-16-9-10-21(2)20(11-16)14-22(15-20)19(23)13-26-18-8-6-5-7-17(18)24-3/h5-8,16H,4,9-15H2,1-3H3. The molecular formula is C20H30N2O4. The average Bonchev–Trinajstić information content (AvgIpc) is 2.64. The molecule has 6 heteroatoms. The molecule has 26 heavy (non-hydrogen) atoms. The number of likely N-dealkylation sites (N-methyl/N-ethyl adjacent to an activating group) is 1. The number of carbonyl (C=O) groups is 1. The fourth-order valence-electron chi connectivity index (χ4n) is 4.02. The maximum absolute atomic E-state index is 12.5. The van der Waals surface area contributed by atoms with Gasteiger partial charge in [0.1, 0.15) is 0 Å². The van der Waals surface area contributed by atoms with Gasteiger partial charge in [-0.25, -0.2) is 0 Å². The van der Waals surface area contributed by atoms with E-state index in [0.29, 0.717) is 17.4 Å². The van der Waals surface area contributed by atoms with E-state index in [0.717, 1.165) is 39.3 Å². The molecule has 2 aliphatic rings. The molecule has 0 aromatic heterocycles. The first-order chi connectivity index (χ1) is 12.6. The summed E-state index contributed by atoms with van der Waals surface area (Å²) in [6.45, 7) is 6.30. The van der Waals surface area contributed by atoms with Crippen LogP contribution in [-0.4, -0.2) is 74.9 Å². The highest BCUT2D eigenvalue weighted by atomic mass is 16.5. The molecule has 0 radical (unpaired) electrons. The van der Waals surface area contributed by atoms with Crippen molar-refractivity contribution < 1.29 is 19.0 Å². The molecule has 144 valence electrons. The minimum absolute atomic E-state index is 0.0295. The Kier molecular flexibility index (Phi) is 6.04. The van der Waals surface area contributed by atoms with Gasteiger partial charge in [0.15, 0.2) is 18.1 Å². The zero-order valence-corrected chi connectivity index (χ0v) is 16.1. The number of benzene rings is 1. The van der Waals surface area contributed by atoms with E-state index in [-0.39, 0.29) is 18.1 Å². The molecule has 0 N–H and O–H groups in total. The van der Waals surface area contributed by atoms with E-state index >= 15 is 0 Å². The summed E-state index contributed by atoms with van der Waals surface area (Å²) < 4.78 is 16.6. The smallest absolute Gasteiger partial charge is 0.260 e. The third kappa shape index (κ3) is 3.96. The number of hydrogen-bond donors (Lipinski definition) is 0. The Hall–Kier alpha value is -1.79. The molecule has 2 fully saturated rings. The third-order valence-electron chi connectivity index (χ3n) is 5.65. The number of para-hydroxylation sites is 2. The van der Waals surface area contributed by atoms with E-state index in [1.807, 2.05) is 36.1 Å². The van der Waals surface area contributed by atoms with Gasteiger partial charge in [0, 0.05) is 26.3 Å². The van der Waals surface area contributed by atoms with E-state index in [1.54, 1.807) is 7.11 Å². The number of amides is 1. The van der Waals surface area contributed by atoms with Gasteiger partial charge in [-0.3, -0.25) is 9.69 Å². The molecular weight excluding hydrogens is 332 g/mol. The van der Waals surface area contributed by atoms with E-state index in [9.17, 15) is 4.79 Å². The number of rotatable bonds is 7. The number of hydrogen-bond acceptors (Lipinski definition) is 5. The zero-order chi connectivity index (χ0) is 18.6. The number of nitrogens with zero attached hydrogens (tertiary/aromatic N) is 2. The molecule has 1 aromatic carbocycles. The third-order valence-corrected chi connectivity index (χ3v) is 5.65. The predicted molar refractivity (Wildman–Crippen MR) is 99.6 cm³/mol. The summed E-state index contributed by atoms with van der Waals surface area (Å²) in [5.74, 6) is 1.87. The number of methoxy groups -OCH3 is 1. The maximum atomic E-state index is 12.5. The highest BCUT2D eigenvalue weighted by Gasteiger charge is 2.50. The Morgan fingerprint density at radius 2 is 2.00 bits per heavy atom. The van der Waals surface area contributed by atoms with Crippen LogP contribution in [0.3, 0.4) is 0 Å². The summed E-state index contributed by atoms with van der Waals surface area (Å²) in [6, 6.07) is 7.39. The SMILES string of the molecule is CCOCC1CCN(C)C2(C1)CN(C(=O)COc1ccccc1OC)C2. The van der Waals surface area contributed by atoms with Crippen molar-refractivity contribution >= 4 is 5.91 Å². The molecule has 1 unspecified atom stereocenters. The minimum atomic E-state index is 0.0295. The van der Waals surface area contributed by atoms with E-state index in [2.05, 4.69) is 11.9 Å². The topological polar surface area (TPSA) is 51.2 Å². The molecule has 3 rings (SSSR count). The molecule has 1 amide bonds. The molecule has 6 nitrogen and oxygen atoms in total. The van der Waals surface area contributed by atoms with Crippen LogP contribution in [-0.2, 0) is 9.53 Å².